The molecule has 2 N–H and O–H groups in total. The zero-order valence-corrected chi connectivity index (χ0v) is 12.7. The summed E-state index contributed by atoms with van der Waals surface area (Å²) in [4.78, 5) is 11.8. The van der Waals surface area contributed by atoms with Gasteiger partial charge in [0.2, 0.25) is 5.91 Å². The molecule has 0 aliphatic rings. The molecule has 3 nitrogen and oxygen atoms in total. The van der Waals surface area contributed by atoms with Crippen LogP contribution in [0.4, 0.5) is 5.69 Å². The van der Waals surface area contributed by atoms with Gasteiger partial charge in [-0.1, -0.05) is 45.4 Å². The van der Waals surface area contributed by atoms with Crippen molar-refractivity contribution in [2.75, 3.05) is 18.4 Å². The van der Waals surface area contributed by atoms with Crippen molar-refractivity contribution in [3.05, 3.63) is 29.8 Å². The van der Waals surface area contributed by atoms with Gasteiger partial charge in [0, 0.05) is 12.2 Å². The first-order valence-electron chi connectivity index (χ1n) is 6.88. The number of carbonyl (C=O) groups excluding carboxylic acids is 1. The van der Waals surface area contributed by atoms with Gasteiger partial charge in [-0.15, -0.1) is 0 Å². The number of hydrogen-bond donors (Lipinski definition) is 2. The van der Waals surface area contributed by atoms with Crippen LogP contribution in [-0.2, 0) is 4.79 Å². The average molecular weight is 262 g/mol. The molecular weight excluding hydrogens is 236 g/mol. The van der Waals surface area contributed by atoms with E-state index in [0.717, 1.165) is 12.2 Å². The van der Waals surface area contributed by atoms with Crippen LogP contribution >= 0.6 is 0 Å². The van der Waals surface area contributed by atoms with E-state index in [9.17, 15) is 4.79 Å². The summed E-state index contributed by atoms with van der Waals surface area (Å²) in [5.41, 5.74) is 2.24. The fourth-order valence-electron chi connectivity index (χ4n) is 1.54. The summed E-state index contributed by atoms with van der Waals surface area (Å²) >= 11 is 0. The zero-order valence-electron chi connectivity index (χ0n) is 12.7. The molecule has 0 aliphatic carbocycles. The molecule has 0 spiro atoms. The second-order valence-corrected chi connectivity index (χ2v) is 6.16. The van der Waals surface area contributed by atoms with Crippen molar-refractivity contribution in [1.29, 1.82) is 0 Å². The van der Waals surface area contributed by atoms with Gasteiger partial charge in [-0.05, 0) is 30.4 Å². The minimum Gasteiger partial charge on any atom is -0.325 e. The minimum atomic E-state index is 0.00316. The number of benzene rings is 1. The first-order chi connectivity index (χ1) is 8.81. The summed E-state index contributed by atoms with van der Waals surface area (Å²) in [6, 6.07) is 7.83. The van der Waals surface area contributed by atoms with E-state index in [1.54, 1.807) is 0 Å². The van der Waals surface area contributed by atoms with Crippen molar-refractivity contribution in [2.24, 2.45) is 11.3 Å². The lowest BCUT2D eigenvalue weighted by molar-refractivity contribution is -0.115. The average Bonchev–Trinajstić information content (AvgIpc) is 2.31. The lowest BCUT2D eigenvalue weighted by Crippen LogP contribution is -2.37. The Bertz CT molecular complexity index is 407. The lowest BCUT2D eigenvalue weighted by Gasteiger charge is -2.29. The first kappa shape index (κ1) is 15.7. The van der Waals surface area contributed by atoms with Crippen LogP contribution in [0.3, 0.4) is 0 Å². The van der Waals surface area contributed by atoms with E-state index in [2.05, 4.69) is 38.3 Å². The molecule has 0 saturated carbocycles. The van der Waals surface area contributed by atoms with Gasteiger partial charge in [0.1, 0.15) is 0 Å². The van der Waals surface area contributed by atoms with E-state index in [4.69, 9.17) is 0 Å². The van der Waals surface area contributed by atoms with Crippen molar-refractivity contribution < 1.29 is 4.79 Å². The normalized spacial score (nSPS) is 11.7. The molecule has 3 heteroatoms. The Labute approximate surface area is 116 Å². The van der Waals surface area contributed by atoms with E-state index in [1.165, 1.54) is 5.56 Å². The Kier molecular flexibility index (Phi) is 5.55. The molecule has 0 radical (unpaired) electrons. The van der Waals surface area contributed by atoms with Crippen LogP contribution in [0, 0.1) is 18.3 Å². The molecule has 1 aromatic carbocycles. The Morgan fingerprint density at radius 1 is 1.21 bits per heavy atom. The topological polar surface area (TPSA) is 41.1 Å². The first-order valence-corrected chi connectivity index (χ1v) is 6.88. The fourth-order valence-corrected chi connectivity index (χ4v) is 1.54. The number of aryl methyl sites for hydroxylation is 1. The summed E-state index contributed by atoms with van der Waals surface area (Å²) < 4.78 is 0. The molecule has 19 heavy (non-hydrogen) atoms. The molecule has 1 amide bonds. The van der Waals surface area contributed by atoms with Gasteiger partial charge in [0.25, 0.3) is 0 Å². The van der Waals surface area contributed by atoms with Crippen molar-refractivity contribution in [1.82, 2.24) is 5.32 Å². The largest absolute Gasteiger partial charge is 0.325 e. The highest BCUT2D eigenvalue weighted by Gasteiger charge is 2.21. The van der Waals surface area contributed by atoms with Crippen LogP contribution in [0.25, 0.3) is 0 Å². The van der Waals surface area contributed by atoms with Crippen molar-refractivity contribution in [3.63, 3.8) is 0 Å². The summed E-state index contributed by atoms with van der Waals surface area (Å²) in [6.07, 6.45) is 0. The van der Waals surface area contributed by atoms with Crippen molar-refractivity contribution >= 4 is 11.6 Å². The highest BCUT2D eigenvalue weighted by molar-refractivity contribution is 5.92. The van der Waals surface area contributed by atoms with Crippen LogP contribution in [0.5, 0.6) is 0 Å². The van der Waals surface area contributed by atoms with Gasteiger partial charge in [0.15, 0.2) is 0 Å². The molecule has 0 fully saturated rings. The molecule has 106 valence electrons. The Morgan fingerprint density at radius 3 is 2.32 bits per heavy atom. The van der Waals surface area contributed by atoms with Gasteiger partial charge in [-0.2, -0.15) is 0 Å². The SMILES string of the molecule is Cc1ccc(NC(=O)CNCC(C)(C)C(C)C)cc1. The molecule has 0 heterocycles. The molecule has 0 saturated heterocycles. The van der Waals surface area contributed by atoms with Crippen LogP contribution in [0.15, 0.2) is 24.3 Å². The fraction of sp³-hybridized carbons (Fsp3) is 0.562. The predicted molar refractivity (Wildman–Crippen MR) is 81.3 cm³/mol. The maximum absolute atomic E-state index is 11.8. The summed E-state index contributed by atoms with van der Waals surface area (Å²) in [5, 5.41) is 6.11. The Hall–Kier alpha value is -1.35. The highest BCUT2D eigenvalue weighted by atomic mass is 16.1. The highest BCUT2D eigenvalue weighted by Crippen LogP contribution is 2.24. The van der Waals surface area contributed by atoms with E-state index in [0.29, 0.717) is 12.5 Å². The van der Waals surface area contributed by atoms with E-state index in [-0.39, 0.29) is 11.3 Å². The van der Waals surface area contributed by atoms with Crippen LogP contribution < -0.4 is 10.6 Å². The number of nitrogens with one attached hydrogen (secondary N) is 2. The third-order valence-corrected chi connectivity index (χ3v) is 3.76. The summed E-state index contributed by atoms with van der Waals surface area (Å²) in [7, 11) is 0. The summed E-state index contributed by atoms with van der Waals surface area (Å²) in [5.74, 6) is 0.587. The molecule has 0 atom stereocenters. The number of amides is 1. The van der Waals surface area contributed by atoms with Gasteiger partial charge >= 0.3 is 0 Å². The molecule has 0 aromatic heterocycles. The number of carbonyl (C=O) groups is 1. The van der Waals surface area contributed by atoms with E-state index >= 15 is 0 Å². The predicted octanol–water partition coefficient (Wildman–Crippen LogP) is 3.21. The van der Waals surface area contributed by atoms with E-state index < -0.39 is 0 Å². The molecule has 1 rings (SSSR count). The molecule has 1 aromatic rings. The van der Waals surface area contributed by atoms with Crippen molar-refractivity contribution in [3.8, 4) is 0 Å². The Morgan fingerprint density at radius 2 is 1.79 bits per heavy atom. The van der Waals surface area contributed by atoms with Crippen LogP contribution in [-0.4, -0.2) is 19.0 Å². The number of anilines is 1. The molecule has 0 aliphatic heterocycles. The van der Waals surface area contributed by atoms with Crippen LogP contribution in [0.1, 0.15) is 33.3 Å². The minimum absolute atomic E-state index is 0.00316. The monoisotopic (exact) mass is 262 g/mol. The molecule has 0 unspecified atom stereocenters. The van der Waals surface area contributed by atoms with E-state index in [1.807, 2.05) is 31.2 Å². The Balaban J connectivity index is 2.34. The maximum atomic E-state index is 11.8. The number of rotatable bonds is 6. The second-order valence-electron chi connectivity index (χ2n) is 6.16. The third-order valence-electron chi connectivity index (χ3n) is 3.76. The van der Waals surface area contributed by atoms with Gasteiger partial charge in [-0.25, -0.2) is 0 Å². The van der Waals surface area contributed by atoms with Crippen molar-refractivity contribution in [2.45, 2.75) is 34.6 Å². The molecule has 0 bridgehead atoms. The lowest BCUT2D eigenvalue weighted by atomic mass is 9.81. The van der Waals surface area contributed by atoms with Gasteiger partial charge in [-0.3, -0.25) is 4.79 Å². The standard InChI is InChI=1S/C16H26N2O/c1-12(2)16(4,5)11-17-10-15(19)18-14-8-6-13(3)7-9-14/h6-9,12,17H,10-11H2,1-5H3,(H,18,19). The third kappa shape index (κ3) is 5.43. The quantitative estimate of drug-likeness (QED) is 0.826. The smallest absolute Gasteiger partial charge is 0.238 e. The van der Waals surface area contributed by atoms with Crippen LogP contribution in [0.2, 0.25) is 0 Å². The van der Waals surface area contributed by atoms with Gasteiger partial charge < -0.3 is 10.6 Å². The number of hydrogen-bond acceptors (Lipinski definition) is 2. The maximum Gasteiger partial charge on any atom is 0.238 e. The zero-order chi connectivity index (χ0) is 14.5. The molecular formula is C16H26N2O. The van der Waals surface area contributed by atoms with Gasteiger partial charge in [0.05, 0.1) is 6.54 Å². The second kappa shape index (κ2) is 6.71. The summed E-state index contributed by atoms with van der Waals surface area (Å²) in [6.45, 7) is 12.0.